The minimum Gasteiger partial charge on any atom is -0.480 e. The van der Waals surface area contributed by atoms with Crippen LogP contribution in [0.15, 0.2) is 12.5 Å². The molecule has 7 N–H and O–H groups in total. The van der Waals surface area contributed by atoms with Crippen molar-refractivity contribution < 1.29 is 24.3 Å². The molecule has 0 spiro atoms. The second kappa shape index (κ2) is 12.3. The highest BCUT2D eigenvalue weighted by atomic mass is 32.1. The fourth-order valence-corrected chi connectivity index (χ4v) is 2.90. The highest BCUT2D eigenvalue weighted by Crippen LogP contribution is 2.08. The van der Waals surface area contributed by atoms with Gasteiger partial charge in [0.1, 0.15) is 18.1 Å². The summed E-state index contributed by atoms with van der Waals surface area (Å²) in [7, 11) is 0. The van der Waals surface area contributed by atoms with Crippen molar-refractivity contribution in [2.45, 2.75) is 58.3 Å². The van der Waals surface area contributed by atoms with Gasteiger partial charge in [-0.1, -0.05) is 27.7 Å². The molecule has 0 saturated heterocycles. The summed E-state index contributed by atoms with van der Waals surface area (Å²) in [5.41, 5.74) is 6.28. The smallest absolute Gasteiger partial charge is 0.326 e. The molecule has 4 atom stereocenters. The molecule has 3 amide bonds. The number of amides is 3. The summed E-state index contributed by atoms with van der Waals surface area (Å²) >= 11 is 3.99. The van der Waals surface area contributed by atoms with Crippen LogP contribution in [0.1, 0.15) is 33.4 Å². The predicted molar refractivity (Wildman–Crippen MR) is 117 cm³/mol. The summed E-state index contributed by atoms with van der Waals surface area (Å²) in [4.78, 5) is 56.1. The van der Waals surface area contributed by atoms with Crippen LogP contribution in [0, 0.1) is 11.8 Å². The molecule has 1 aromatic rings. The van der Waals surface area contributed by atoms with Crippen molar-refractivity contribution >= 4 is 36.3 Å². The molecule has 1 aromatic heterocycles. The first kappa shape index (κ1) is 26.4. The number of carbonyl (C=O) groups is 4. The SMILES string of the molecule is CC(C)C(NC(=O)C(NC(=O)C(Cc1cnc[nH]1)NC(=O)C(N)CS)C(C)C)C(=O)O. The molecule has 0 aromatic carbocycles. The van der Waals surface area contributed by atoms with E-state index in [9.17, 15) is 24.3 Å². The first-order valence-corrected chi connectivity index (χ1v) is 10.6. The number of nitrogens with zero attached hydrogens (tertiary/aromatic N) is 1. The average Bonchev–Trinajstić information content (AvgIpc) is 3.20. The van der Waals surface area contributed by atoms with E-state index < -0.39 is 47.9 Å². The second-order valence-corrected chi connectivity index (χ2v) is 8.30. The molecule has 0 aliphatic rings. The lowest BCUT2D eigenvalue weighted by molar-refractivity contribution is -0.143. The standard InChI is InChI=1S/C19H32N6O5S/c1-9(2)14(18(28)25-15(10(3)4)19(29)30)24-17(27)13(5-11-6-21-8-22-11)23-16(26)12(20)7-31/h6,8-10,12-15,31H,5,7,20H2,1-4H3,(H,21,22)(H,23,26)(H,24,27)(H,25,28)(H,29,30). The van der Waals surface area contributed by atoms with Crippen LogP contribution in [0.4, 0.5) is 0 Å². The molecule has 1 rings (SSSR count). The molecule has 0 radical (unpaired) electrons. The predicted octanol–water partition coefficient (Wildman–Crippen LogP) is -0.940. The zero-order valence-electron chi connectivity index (χ0n) is 18.1. The Hall–Kier alpha value is -2.60. The summed E-state index contributed by atoms with van der Waals surface area (Å²) in [6, 6.07) is -4.05. The highest BCUT2D eigenvalue weighted by molar-refractivity contribution is 7.80. The third kappa shape index (κ3) is 8.21. The van der Waals surface area contributed by atoms with Gasteiger partial charge < -0.3 is 31.8 Å². The topological polar surface area (TPSA) is 179 Å². The van der Waals surface area contributed by atoms with Crippen LogP contribution in [-0.4, -0.2) is 68.7 Å². The number of rotatable bonds is 12. The van der Waals surface area contributed by atoms with E-state index in [1.165, 1.54) is 12.5 Å². The Labute approximate surface area is 186 Å². The number of carboxylic acid groups (broad SMARTS) is 1. The Balaban J connectivity index is 3.00. The number of nitrogens with two attached hydrogens (primary N) is 1. The number of aromatic amines is 1. The van der Waals surface area contributed by atoms with Gasteiger partial charge >= 0.3 is 5.97 Å². The number of carboxylic acids is 1. The molecule has 0 aliphatic carbocycles. The van der Waals surface area contributed by atoms with Crippen molar-refractivity contribution in [1.29, 1.82) is 0 Å². The number of hydrogen-bond donors (Lipinski definition) is 7. The second-order valence-electron chi connectivity index (χ2n) is 7.93. The lowest BCUT2D eigenvalue weighted by Gasteiger charge is -2.27. The maximum atomic E-state index is 13.0. The molecule has 12 heteroatoms. The number of aliphatic carboxylic acids is 1. The van der Waals surface area contributed by atoms with Crippen molar-refractivity contribution in [3.05, 3.63) is 18.2 Å². The van der Waals surface area contributed by atoms with Crippen LogP contribution in [0.3, 0.4) is 0 Å². The number of thiol groups is 1. The Morgan fingerprint density at radius 3 is 2.06 bits per heavy atom. The van der Waals surface area contributed by atoms with Crippen LogP contribution >= 0.6 is 12.6 Å². The van der Waals surface area contributed by atoms with Gasteiger partial charge in [0, 0.05) is 24.1 Å². The Kier molecular flexibility index (Phi) is 10.5. The van der Waals surface area contributed by atoms with Gasteiger partial charge in [-0.25, -0.2) is 9.78 Å². The molecule has 11 nitrogen and oxygen atoms in total. The Bertz CT molecular complexity index is 755. The molecule has 0 aliphatic heterocycles. The Morgan fingerprint density at radius 2 is 1.61 bits per heavy atom. The number of aromatic nitrogens is 2. The third-order valence-corrected chi connectivity index (χ3v) is 5.02. The molecule has 31 heavy (non-hydrogen) atoms. The molecular formula is C19H32N6O5S. The van der Waals surface area contributed by atoms with E-state index in [4.69, 9.17) is 5.73 Å². The molecule has 0 bridgehead atoms. The van der Waals surface area contributed by atoms with E-state index in [1.54, 1.807) is 27.7 Å². The number of nitrogens with one attached hydrogen (secondary N) is 4. The summed E-state index contributed by atoms with van der Waals surface area (Å²) in [6.07, 6.45) is 3.04. The van der Waals surface area contributed by atoms with Gasteiger partial charge in [0.25, 0.3) is 0 Å². The van der Waals surface area contributed by atoms with E-state index in [0.29, 0.717) is 5.69 Å². The van der Waals surface area contributed by atoms with Crippen molar-refractivity contribution in [2.24, 2.45) is 17.6 Å². The fourth-order valence-electron chi connectivity index (χ4n) is 2.73. The van der Waals surface area contributed by atoms with E-state index in [-0.39, 0.29) is 24.0 Å². The van der Waals surface area contributed by atoms with Gasteiger partial charge in [-0.15, -0.1) is 0 Å². The molecule has 4 unspecified atom stereocenters. The zero-order chi connectivity index (χ0) is 23.7. The highest BCUT2D eigenvalue weighted by Gasteiger charge is 2.32. The zero-order valence-corrected chi connectivity index (χ0v) is 19.0. The van der Waals surface area contributed by atoms with Gasteiger partial charge in [0.15, 0.2) is 0 Å². The normalized spacial score (nSPS) is 15.1. The maximum Gasteiger partial charge on any atom is 0.326 e. The molecular weight excluding hydrogens is 424 g/mol. The van der Waals surface area contributed by atoms with E-state index >= 15 is 0 Å². The van der Waals surface area contributed by atoms with Crippen LogP contribution in [-0.2, 0) is 25.6 Å². The number of imidazole rings is 1. The average molecular weight is 457 g/mol. The van der Waals surface area contributed by atoms with Crippen LogP contribution in [0.25, 0.3) is 0 Å². The monoisotopic (exact) mass is 456 g/mol. The van der Waals surface area contributed by atoms with Crippen molar-refractivity contribution in [3.63, 3.8) is 0 Å². The lowest BCUT2D eigenvalue weighted by Crippen LogP contribution is -2.59. The maximum absolute atomic E-state index is 13.0. The largest absolute Gasteiger partial charge is 0.480 e. The van der Waals surface area contributed by atoms with Crippen LogP contribution in [0.2, 0.25) is 0 Å². The van der Waals surface area contributed by atoms with E-state index in [0.717, 1.165) is 0 Å². The molecule has 1 heterocycles. The quantitative estimate of drug-likeness (QED) is 0.198. The van der Waals surface area contributed by atoms with Crippen molar-refractivity contribution in [3.8, 4) is 0 Å². The van der Waals surface area contributed by atoms with Crippen molar-refractivity contribution in [1.82, 2.24) is 25.9 Å². The summed E-state index contributed by atoms with van der Waals surface area (Å²) in [5.74, 6) is -3.56. The Morgan fingerprint density at radius 1 is 1.03 bits per heavy atom. The van der Waals surface area contributed by atoms with Gasteiger partial charge in [-0.05, 0) is 11.8 Å². The summed E-state index contributed by atoms with van der Waals surface area (Å²) in [6.45, 7) is 6.77. The minimum atomic E-state index is -1.16. The van der Waals surface area contributed by atoms with Crippen LogP contribution in [0.5, 0.6) is 0 Å². The van der Waals surface area contributed by atoms with Crippen molar-refractivity contribution in [2.75, 3.05) is 5.75 Å². The first-order chi connectivity index (χ1) is 14.5. The number of H-pyrrole nitrogens is 1. The molecule has 0 fully saturated rings. The van der Waals surface area contributed by atoms with E-state index in [2.05, 4.69) is 38.5 Å². The number of hydrogen-bond acceptors (Lipinski definition) is 7. The fraction of sp³-hybridized carbons (Fsp3) is 0.632. The van der Waals surface area contributed by atoms with E-state index in [1.807, 2.05) is 0 Å². The minimum absolute atomic E-state index is 0.0903. The first-order valence-electron chi connectivity index (χ1n) is 9.95. The molecule has 0 saturated carbocycles. The number of carbonyl (C=O) groups excluding carboxylic acids is 3. The third-order valence-electron chi connectivity index (χ3n) is 4.62. The van der Waals surface area contributed by atoms with Gasteiger partial charge in [0.05, 0.1) is 12.4 Å². The van der Waals surface area contributed by atoms with Gasteiger partial charge in [0.2, 0.25) is 17.7 Å². The summed E-state index contributed by atoms with van der Waals surface area (Å²) < 4.78 is 0. The van der Waals surface area contributed by atoms with Crippen LogP contribution < -0.4 is 21.7 Å². The molecule has 174 valence electrons. The summed E-state index contributed by atoms with van der Waals surface area (Å²) in [5, 5.41) is 17.0. The van der Waals surface area contributed by atoms with Gasteiger partial charge in [-0.3, -0.25) is 14.4 Å². The lowest BCUT2D eigenvalue weighted by atomic mass is 9.99. The van der Waals surface area contributed by atoms with Gasteiger partial charge in [-0.2, -0.15) is 12.6 Å².